The minimum Gasteiger partial charge on any atom is -0.334 e. The minimum absolute atomic E-state index is 0.0364. The highest BCUT2D eigenvalue weighted by molar-refractivity contribution is 7.19. The van der Waals surface area contributed by atoms with Gasteiger partial charge in [-0.1, -0.05) is 54.6 Å². The SMILES string of the molecule is Cc1sc2nc(C[NH2+][C@@H]3CCCc4ccccc43)[nH]c(=O)c2c1-c1ccccc1. The average molecular weight is 403 g/mol. The van der Waals surface area contributed by atoms with Crippen LogP contribution in [-0.4, -0.2) is 9.97 Å². The fourth-order valence-corrected chi connectivity index (χ4v) is 5.57. The van der Waals surface area contributed by atoms with Gasteiger partial charge in [0.05, 0.1) is 5.39 Å². The number of hydrogen-bond acceptors (Lipinski definition) is 3. The van der Waals surface area contributed by atoms with Crippen molar-refractivity contribution in [3.05, 3.63) is 86.8 Å². The van der Waals surface area contributed by atoms with Crippen LogP contribution in [0.15, 0.2) is 59.4 Å². The van der Waals surface area contributed by atoms with E-state index in [1.807, 2.05) is 18.2 Å². The summed E-state index contributed by atoms with van der Waals surface area (Å²) in [6.45, 7) is 2.75. The maximum atomic E-state index is 13.0. The molecule has 4 aromatic rings. The van der Waals surface area contributed by atoms with Crippen LogP contribution in [0.5, 0.6) is 0 Å². The molecule has 1 aliphatic rings. The summed E-state index contributed by atoms with van der Waals surface area (Å²) in [7, 11) is 0. The Balaban J connectivity index is 1.45. The Morgan fingerprint density at radius 1 is 1.14 bits per heavy atom. The highest BCUT2D eigenvalue weighted by Crippen LogP contribution is 2.35. The van der Waals surface area contributed by atoms with Crippen molar-refractivity contribution in [3.63, 3.8) is 0 Å². The van der Waals surface area contributed by atoms with Gasteiger partial charge in [-0.3, -0.25) is 4.79 Å². The second kappa shape index (κ2) is 7.58. The number of aromatic amines is 1. The predicted octanol–water partition coefficient (Wildman–Crippen LogP) is 4.10. The number of aryl methyl sites for hydroxylation is 2. The third kappa shape index (κ3) is 3.41. The number of hydrogen-bond donors (Lipinski definition) is 2. The second-order valence-electron chi connectivity index (χ2n) is 7.73. The summed E-state index contributed by atoms with van der Waals surface area (Å²) in [5.41, 5.74) is 4.93. The smallest absolute Gasteiger partial charge is 0.260 e. The molecule has 0 unspecified atom stereocenters. The molecule has 5 rings (SSSR count). The van der Waals surface area contributed by atoms with E-state index in [4.69, 9.17) is 4.98 Å². The van der Waals surface area contributed by atoms with Crippen LogP contribution in [0.25, 0.3) is 21.3 Å². The van der Waals surface area contributed by atoms with Gasteiger partial charge in [0.25, 0.3) is 5.56 Å². The molecular formula is C24H24N3OS+. The highest BCUT2D eigenvalue weighted by atomic mass is 32.1. The number of rotatable bonds is 4. The van der Waals surface area contributed by atoms with Crippen molar-refractivity contribution in [2.45, 2.75) is 38.8 Å². The molecule has 1 atom stereocenters. The van der Waals surface area contributed by atoms with Gasteiger partial charge in [0.1, 0.15) is 17.4 Å². The molecule has 0 aliphatic heterocycles. The van der Waals surface area contributed by atoms with Crippen molar-refractivity contribution in [2.75, 3.05) is 0 Å². The molecule has 0 saturated heterocycles. The monoisotopic (exact) mass is 402 g/mol. The van der Waals surface area contributed by atoms with E-state index in [1.165, 1.54) is 24.0 Å². The number of nitrogens with two attached hydrogens (primary N) is 1. The van der Waals surface area contributed by atoms with E-state index in [0.29, 0.717) is 18.0 Å². The lowest BCUT2D eigenvalue weighted by atomic mass is 9.88. The van der Waals surface area contributed by atoms with Crippen LogP contribution in [0.3, 0.4) is 0 Å². The van der Waals surface area contributed by atoms with E-state index in [0.717, 1.165) is 33.1 Å². The zero-order valence-electron chi connectivity index (χ0n) is 16.4. The minimum atomic E-state index is -0.0364. The standard InChI is InChI=1S/C24H23N3OS/c1-15-21(17-9-3-2-4-10-17)22-23(28)26-20(27-24(22)29-15)14-25-19-13-7-11-16-8-5-6-12-18(16)19/h2-6,8-10,12,19,25H,7,11,13-14H2,1H3,(H,26,27,28)/p+1/t19-/m1/s1. The van der Waals surface area contributed by atoms with E-state index in [2.05, 4.69) is 53.6 Å². The largest absolute Gasteiger partial charge is 0.334 e. The lowest BCUT2D eigenvalue weighted by Gasteiger charge is -2.23. The first-order chi connectivity index (χ1) is 14.2. The molecular weight excluding hydrogens is 378 g/mol. The first-order valence-electron chi connectivity index (χ1n) is 10.2. The third-order valence-electron chi connectivity index (χ3n) is 5.86. The molecule has 29 heavy (non-hydrogen) atoms. The van der Waals surface area contributed by atoms with Gasteiger partial charge in [0.15, 0.2) is 5.82 Å². The van der Waals surface area contributed by atoms with Gasteiger partial charge in [-0.05, 0) is 30.9 Å². The fourth-order valence-electron chi connectivity index (χ4n) is 4.50. The summed E-state index contributed by atoms with van der Waals surface area (Å²) < 4.78 is 0. The highest BCUT2D eigenvalue weighted by Gasteiger charge is 2.23. The number of aromatic nitrogens is 2. The van der Waals surface area contributed by atoms with Gasteiger partial charge < -0.3 is 10.3 Å². The van der Waals surface area contributed by atoms with Crippen LogP contribution >= 0.6 is 11.3 Å². The number of benzene rings is 2. The van der Waals surface area contributed by atoms with Crippen LogP contribution in [0.2, 0.25) is 0 Å². The molecule has 2 aromatic carbocycles. The van der Waals surface area contributed by atoms with Crippen molar-refractivity contribution < 1.29 is 5.32 Å². The van der Waals surface area contributed by atoms with E-state index >= 15 is 0 Å². The van der Waals surface area contributed by atoms with E-state index in [9.17, 15) is 4.79 Å². The van der Waals surface area contributed by atoms with Gasteiger partial charge in [-0.15, -0.1) is 11.3 Å². The van der Waals surface area contributed by atoms with Gasteiger partial charge in [0.2, 0.25) is 0 Å². The Hall–Kier alpha value is -2.76. The maximum Gasteiger partial charge on any atom is 0.260 e. The summed E-state index contributed by atoms with van der Waals surface area (Å²) >= 11 is 1.61. The fraction of sp³-hybridized carbons (Fsp3) is 0.250. The van der Waals surface area contributed by atoms with Gasteiger partial charge >= 0.3 is 0 Å². The number of nitrogens with one attached hydrogen (secondary N) is 1. The normalized spacial score (nSPS) is 16.1. The summed E-state index contributed by atoms with van der Waals surface area (Å²) in [6, 6.07) is 19.3. The number of H-pyrrole nitrogens is 1. The molecule has 146 valence electrons. The Labute approximate surface area is 173 Å². The molecule has 0 amide bonds. The predicted molar refractivity (Wildman–Crippen MR) is 118 cm³/mol. The van der Waals surface area contributed by atoms with E-state index < -0.39 is 0 Å². The number of thiophene rings is 1. The molecule has 0 fully saturated rings. The Kier molecular flexibility index (Phi) is 4.78. The zero-order chi connectivity index (χ0) is 19.8. The second-order valence-corrected chi connectivity index (χ2v) is 8.93. The van der Waals surface area contributed by atoms with Gasteiger partial charge in [-0.2, -0.15) is 0 Å². The van der Waals surface area contributed by atoms with Crippen LogP contribution in [-0.2, 0) is 13.0 Å². The lowest BCUT2D eigenvalue weighted by molar-refractivity contribution is -0.713. The lowest BCUT2D eigenvalue weighted by Crippen LogP contribution is -2.84. The van der Waals surface area contributed by atoms with Crippen molar-refractivity contribution >= 4 is 21.6 Å². The van der Waals surface area contributed by atoms with Gasteiger partial charge in [0, 0.05) is 22.4 Å². The van der Waals surface area contributed by atoms with Crippen molar-refractivity contribution in [1.82, 2.24) is 9.97 Å². The first-order valence-corrected chi connectivity index (χ1v) is 11.0. The molecule has 2 aromatic heterocycles. The summed E-state index contributed by atoms with van der Waals surface area (Å²) in [4.78, 5) is 22.8. The molecule has 0 bridgehead atoms. The van der Waals surface area contributed by atoms with E-state index in [-0.39, 0.29) is 5.56 Å². The molecule has 0 radical (unpaired) electrons. The topological polar surface area (TPSA) is 62.4 Å². The van der Waals surface area contributed by atoms with Crippen LogP contribution < -0.4 is 10.9 Å². The van der Waals surface area contributed by atoms with Crippen molar-refractivity contribution in [2.24, 2.45) is 0 Å². The Bertz CT molecular complexity index is 1230. The van der Waals surface area contributed by atoms with Crippen LogP contribution in [0.1, 0.15) is 40.7 Å². The van der Waals surface area contributed by atoms with Crippen molar-refractivity contribution in [1.29, 1.82) is 0 Å². The maximum absolute atomic E-state index is 13.0. The number of nitrogens with zero attached hydrogens (tertiary/aromatic N) is 1. The molecule has 0 spiro atoms. The number of quaternary nitrogens is 1. The molecule has 1 aliphatic carbocycles. The Morgan fingerprint density at radius 3 is 2.79 bits per heavy atom. The summed E-state index contributed by atoms with van der Waals surface area (Å²) in [6.07, 6.45) is 3.55. The summed E-state index contributed by atoms with van der Waals surface area (Å²) in [5, 5.41) is 3.03. The first kappa shape index (κ1) is 18.3. The number of fused-ring (bicyclic) bond motifs is 2. The average Bonchev–Trinajstić information content (AvgIpc) is 3.09. The van der Waals surface area contributed by atoms with Crippen molar-refractivity contribution in [3.8, 4) is 11.1 Å². The van der Waals surface area contributed by atoms with Crippen LogP contribution in [0, 0.1) is 6.92 Å². The van der Waals surface area contributed by atoms with E-state index in [1.54, 1.807) is 11.3 Å². The Morgan fingerprint density at radius 2 is 1.93 bits per heavy atom. The molecule has 5 heteroatoms. The van der Waals surface area contributed by atoms with Crippen LogP contribution in [0.4, 0.5) is 0 Å². The quantitative estimate of drug-likeness (QED) is 0.540. The molecule has 0 saturated carbocycles. The third-order valence-corrected chi connectivity index (χ3v) is 6.86. The zero-order valence-corrected chi connectivity index (χ0v) is 17.3. The molecule has 3 N–H and O–H groups in total. The van der Waals surface area contributed by atoms with Gasteiger partial charge in [-0.25, -0.2) is 4.98 Å². The summed E-state index contributed by atoms with van der Waals surface area (Å²) in [5.74, 6) is 0.756. The molecule has 4 nitrogen and oxygen atoms in total. The molecule has 2 heterocycles.